The Morgan fingerprint density at radius 3 is 2.67 bits per heavy atom. The van der Waals surface area contributed by atoms with Crippen molar-refractivity contribution in [2.45, 2.75) is 6.54 Å². The molecule has 0 radical (unpaired) electrons. The van der Waals surface area contributed by atoms with E-state index in [-0.39, 0.29) is 12.5 Å². The third kappa shape index (κ3) is 4.12. The molecule has 0 atom stereocenters. The number of nitrogens with one attached hydrogen (secondary N) is 1. The van der Waals surface area contributed by atoms with Crippen molar-refractivity contribution in [2.24, 2.45) is 0 Å². The fourth-order valence-electron chi connectivity index (χ4n) is 2.80. The molecule has 2 aromatic heterocycles. The molecule has 1 amide bonds. The lowest BCUT2D eigenvalue weighted by atomic mass is 10.1. The van der Waals surface area contributed by atoms with E-state index in [2.05, 4.69) is 25.9 Å². The van der Waals surface area contributed by atoms with Crippen LogP contribution in [0.15, 0.2) is 55.1 Å². The van der Waals surface area contributed by atoms with Crippen molar-refractivity contribution in [1.29, 1.82) is 0 Å². The Morgan fingerprint density at radius 2 is 1.97 bits per heavy atom. The van der Waals surface area contributed by atoms with E-state index in [4.69, 9.17) is 27.9 Å². The van der Waals surface area contributed by atoms with Crippen molar-refractivity contribution in [3.63, 3.8) is 0 Å². The van der Waals surface area contributed by atoms with Crippen LogP contribution in [0, 0.1) is 0 Å². The molecule has 1 N–H and O–H groups in total. The van der Waals surface area contributed by atoms with Gasteiger partial charge < -0.3 is 10.1 Å². The van der Waals surface area contributed by atoms with E-state index in [0.29, 0.717) is 27.0 Å². The summed E-state index contributed by atoms with van der Waals surface area (Å²) in [6.07, 6.45) is 4.91. The number of tetrazole rings is 1. The van der Waals surface area contributed by atoms with Crippen molar-refractivity contribution in [3.05, 3.63) is 76.3 Å². The van der Waals surface area contributed by atoms with Crippen LogP contribution in [-0.2, 0) is 6.54 Å². The summed E-state index contributed by atoms with van der Waals surface area (Å²) in [5.41, 5.74) is 2.49. The molecule has 4 rings (SSSR count). The van der Waals surface area contributed by atoms with Gasteiger partial charge in [0.1, 0.15) is 12.1 Å². The van der Waals surface area contributed by atoms with Gasteiger partial charge in [0.15, 0.2) is 0 Å². The molecule has 0 aliphatic heterocycles. The smallest absolute Gasteiger partial charge is 0.255 e. The number of carbonyl (C=O) groups is 1. The molecular formula is C19H15Cl2N7O2. The van der Waals surface area contributed by atoms with Crippen molar-refractivity contribution in [3.8, 4) is 17.1 Å². The van der Waals surface area contributed by atoms with E-state index >= 15 is 0 Å². The quantitative estimate of drug-likeness (QED) is 0.491. The highest BCUT2D eigenvalue weighted by molar-refractivity contribution is 6.33. The van der Waals surface area contributed by atoms with Crippen LogP contribution >= 0.6 is 23.2 Å². The second-order valence-corrected chi connectivity index (χ2v) is 7.05. The highest BCUT2D eigenvalue weighted by Gasteiger charge is 2.17. The lowest BCUT2D eigenvalue weighted by molar-refractivity contribution is 0.0948. The molecule has 152 valence electrons. The minimum absolute atomic E-state index is 0.280. The number of methoxy groups -OCH3 is 1. The summed E-state index contributed by atoms with van der Waals surface area (Å²) in [6, 6.07) is 10.4. The fraction of sp³-hybridized carbons (Fsp3) is 0.105. The molecule has 0 bridgehead atoms. The number of ether oxygens (including phenoxy) is 1. The summed E-state index contributed by atoms with van der Waals surface area (Å²) in [5.74, 6) is 0.00974. The molecule has 0 spiro atoms. The summed E-state index contributed by atoms with van der Waals surface area (Å²) in [7, 11) is 1.47. The largest absolute Gasteiger partial charge is 0.496 e. The highest BCUT2D eigenvalue weighted by atomic mass is 35.5. The Balaban J connectivity index is 1.49. The van der Waals surface area contributed by atoms with Gasteiger partial charge in [0.2, 0.25) is 0 Å². The zero-order chi connectivity index (χ0) is 21.1. The molecular weight excluding hydrogens is 429 g/mol. The van der Waals surface area contributed by atoms with E-state index < -0.39 is 0 Å². The van der Waals surface area contributed by atoms with Gasteiger partial charge in [0, 0.05) is 29.4 Å². The van der Waals surface area contributed by atoms with E-state index in [1.165, 1.54) is 24.2 Å². The average Bonchev–Trinajstić information content (AvgIpc) is 3.45. The fourth-order valence-corrected chi connectivity index (χ4v) is 3.18. The van der Waals surface area contributed by atoms with Crippen LogP contribution in [0.4, 0.5) is 0 Å². The SMILES string of the molecule is COc1cc(-n2cnnn2)c(Cl)cc1C(=O)NCc1cnn(-c2ccc(Cl)cc2)c1. The molecule has 30 heavy (non-hydrogen) atoms. The second kappa shape index (κ2) is 8.52. The summed E-state index contributed by atoms with van der Waals surface area (Å²) < 4.78 is 8.45. The molecule has 0 saturated heterocycles. The van der Waals surface area contributed by atoms with Crippen LogP contribution < -0.4 is 10.1 Å². The third-order valence-corrected chi connectivity index (χ3v) is 4.84. The van der Waals surface area contributed by atoms with Gasteiger partial charge in [-0.25, -0.2) is 4.68 Å². The summed E-state index contributed by atoms with van der Waals surface area (Å²) in [6.45, 7) is 0.280. The van der Waals surface area contributed by atoms with Crippen LogP contribution in [0.25, 0.3) is 11.4 Å². The molecule has 0 aliphatic carbocycles. The normalized spacial score (nSPS) is 10.8. The van der Waals surface area contributed by atoms with Gasteiger partial charge in [-0.15, -0.1) is 5.10 Å². The first-order chi connectivity index (χ1) is 14.5. The van der Waals surface area contributed by atoms with Crippen LogP contribution in [0.2, 0.25) is 10.0 Å². The molecule has 2 aromatic carbocycles. The Labute approximate surface area is 181 Å². The second-order valence-electron chi connectivity index (χ2n) is 6.21. The Bertz CT molecular complexity index is 1170. The molecule has 4 aromatic rings. The number of hydrogen-bond donors (Lipinski definition) is 1. The lowest BCUT2D eigenvalue weighted by Gasteiger charge is -2.12. The maximum absolute atomic E-state index is 12.7. The first-order valence-corrected chi connectivity index (χ1v) is 9.49. The lowest BCUT2D eigenvalue weighted by Crippen LogP contribution is -2.23. The van der Waals surface area contributed by atoms with Gasteiger partial charge in [-0.1, -0.05) is 23.2 Å². The Hall–Kier alpha value is -3.43. The number of nitrogens with zero attached hydrogens (tertiary/aromatic N) is 6. The van der Waals surface area contributed by atoms with E-state index in [1.54, 1.807) is 29.1 Å². The number of halogens is 2. The predicted molar refractivity (Wildman–Crippen MR) is 110 cm³/mol. The monoisotopic (exact) mass is 443 g/mol. The number of rotatable bonds is 6. The van der Waals surface area contributed by atoms with Crippen LogP contribution in [0.1, 0.15) is 15.9 Å². The molecule has 0 aliphatic rings. The molecule has 11 heteroatoms. The van der Waals surface area contributed by atoms with Crippen molar-refractivity contribution in [2.75, 3.05) is 7.11 Å². The third-order valence-electron chi connectivity index (χ3n) is 4.29. The van der Waals surface area contributed by atoms with Gasteiger partial charge in [-0.05, 0) is 40.8 Å². The summed E-state index contributed by atoms with van der Waals surface area (Å²) in [4.78, 5) is 12.7. The Kier molecular flexibility index (Phi) is 5.64. The number of benzene rings is 2. The predicted octanol–water partition coefficient (Wildman–Crippen LogP) is 3.09. The number of aromatic nitrogens is 6. The molecule has 9 nitrogen and oxygen atoms in total. The molecule has 0 unspecified atom stereocenters. The highest BCUT2D eigenvalue weighted by Crippen LogP contribution is 2.29. The maximum atomic E-state index is 12.7. The maximum Gasteiger partial charge on any atom is 0.255 e. The van der Waals surface area contributed by atoms with Gasteiger partial charge in [-0.3, -0.25) is 4.79 Å². The van der Waals surface area contributed by atoms with Gasteiger partial charge in [0.25, 0.3) is 5.91 Å². The van der Waals surface area contributed by atoms with E-state index in [1.807, 2.05) is 18.3 Å². The molecule has 0 fully saturated rings. The van der Waals surface area contributed by atoms with Crippen molar-refractivity contribution < 1.29 is 9.53 Å². The minimum atomic E-state index is -0.337. The first-order valence-electron chi connectivity index (χ1n) is 8.73. The Morgan fingerprint density at radius 1 is 1.17 bits per heavy atom. The topological polar surface area (TPSA) is 99.8 Å². The zero-order valence-electron chi connectivity index (χ0n) is 15.7. The van der Waals surface area contributed by atoms with Crippen LogP contribution in [0.5, 0.6) is 5.75 Å². The zero-order valence-corrected chi connectivity index (χ0v) is 17.2. The molecule has 0 saturated carbocycles. The minimum Gasteiger partial charge on any atom is -0.496 e. The average molecular weight is 444 g/mol. The van der Waals surface area contributed by atoms with Gasteiger partial charge in [-0.2, -0.15) is 9.78 Å². The summed E-state index contributed by atoms with van der Waals surface area (Å²) in [5, 5.41) is 19.1. The molecule has 2 heterocycles. The van der Waals surface area contributed by atoms with Crippen LogP contribution in [-0.4, -0.2) is 43.0 Å². The van der Waals surface area contributed by atoms with Crippen molar-refractivity contribution >= 4 is 29.1 Å². The number of hydrogen-bond acceptors (Lipinski definition) is 6. The number of amides is 1. The van der Waals surface area contributed by atoms with Gasteiger partial charge >= 0.3 is 0 Å². The summed E-state index contributed by atoms with van der Waals surface area (Å²) >= 11 is 12.2. The van der Waals surface area contributed by atoms with Crippen LogP contribution in [0.3, 0.4) is 0 Å². The van der Waals surface area contributed by atoms with E-state index in [9.17, 15) is 4.79 Å². The van der Waals surface area contributed by atoms with E-state index in [0.717, 1.165) is 11.3 Å². The number of carbonyl (C=O) groups excluding carboxylic acids is 1. The van der Waals surface area contributed by atoms with Crippen molar-refractivity contribution in [1.82, 2.24) is 35.3 Å². The standard InChI is InChI=1S/C19H15Cl2N7O2/c1-30-18-7-17(28-11-23-25-26-28)16(21)6-15(18)19(29)22-8-12-9-24-27(10-12)14-4-2-13(20)3-5-14/h2-7,9-11H,8H2,1H3,(H,22,29). The first kappa shape index (κ1) is 19.9. The van der Waals surface area contributed by atoms with Gasteiger partial charge in [0.05, 0.1) is 35.3 Å².